The molecule has 1 saturated heterocycles. The van der Waals surface area contributed by atoms with Crippen LogP contribution in [0, 0.1) is 0 Å². The molecule has 0 aliphatic carbocycles. The number of nitrogens with zero attached hydrogens (tertiary/aromatic N) is 3. The molecule has 0 spiro atoms. The van der Waals surface area contributed by atoms with Crippen LogP contribution in [0.2, 0.25) is 0 Å². The Balaban J connectivity index is 1.50. The van der Waals surface area contributed by atoms with Gasteiger partial charge in [-0.2, -0.15) is 5.10 Å². The van der Waals surface area contributed by atoms with Crippen molar-refractivity contribution >= 4 is 35.9 Å². The quantitative estimate of drug-likeness (QED) is 0.228. The molecule has 2 N–H and O–H groups in total. The Hall–Kier alpha value is -4.39. The highest BCUT2D eigenvalue weighted by Gasteiger charge is 2.37. The van der Waals surface area contributed by atoms with E-state index in [0.717, 1.165) is 21.2 Å². The third-order valence-corrected chi connectivity index (χ3v) is 4.51. The van der Waals surface area contributed by atoms with E-state index in [1.807, 2.05) is 24.3 Å². The van der Waals surface area contributed by atoms with Crippen LogP contribution in [0.15, 0.2) is 45.9 Å². The van der Waals surface area contributed by atoms with E-state index in [4.69, 9.17) is 18.7 Å². The number of carbonyl (C=O) groups is 4. The highest BCUT2D eigenvalue weighted by Crippen LogP contribution is 2.23. The van der Waals surface area contributed by atoms with Crippen LogP contribution in [-0.4, -0.2) is 72.7 Å². The summed E-state index contributed by atoms with van der Waals surface area (Å²) in [6.07, 6.45) is 0.505. The number of hydrazone groups is 1. The summed E-state index contributed by atoms with van der Waals surface area (Å²) in [6, 6.07) is 9.96. The first-order valence-corrected chi connectivity index (χ1v) is 10.8. The van der Waals surface area contributed by atoms with Crippen molar-refractivity contribution in [1.82, 2.24) is 15.2 Å². The summed E-state index contributed by atoms with van der Waals surface area (Å²) in [5, 5.41) is 7.15. The topological polar surface area (TPSA) is 152 Å². The molecule has 4 amide bonds. The molecule has 1 fully saturated rings. The second-order valence-electron chi connectivity index (χ2n) is 8.49. The number of alkyl carbamates (subject to hydrolysis) is 1. The highest BCUT2D eigenvalue weighted by molar-refractivity contribution is 6.02. The molecule has 0 saturated carbocycles. The first-order chi connectivity index (χ1) is 17.1. The molecule has 0 unspecified atom stereocenters. The Morgan fingerprint density at radius 2 is 1.86 bits per heavy atom. The van der Waals surface area contributed by atoms with E-state index in [-0.39, 0.29) is 6.54 Å². The van der Waals surface area contributed by atoms with Gasteiger partial charge >= 0.3 is 18.1 Å². The van der Waals surface area contributed by atoms with Crippen LogP contribution in [0.4, 0.5) is 15.3 Å². The minimum Gasteiger partial charge on any atom is -0.455 e. The zero-order valence-corrected chi connectivity index (χ0v) is 20.3. The number of urea groups is 1. The molecule has 0 radical (unpaired) electrons. The van der Waals surface area contributed by atoms with E-state index in [2.05, 4.69) is 15.9 Å². The fraction of sp³-hybridized carbons (Fsp3) is 0.348. The fourth-order valence-electron chi connectivity index (χ4n) is 2.91. The third-order valence-electron chi connectivity index (χ3n) is 4.51. The molecule has 36 heavy (non-hydrogen) atoms. The normalized spacial score (nSPS) is 13.9. The van der Waals surface area contributed by atoms with Crippen LogP contribution in [-0.2, 0) is 23.9 Å². The molecule has 13 nitrogen and oxygen atoms in total. The predicted molar refractivity (Wildman–Crippen MR) is 127 cm³/mol. The number of carbonyl (C=O) groups excluding carboxylic acids is 4. The Morgan fingerprint density at radius 1 is 1.14 bits per heavy atom. The van der Waals surface area contributed by atoms with Crippen LogP contribution in [0.25, 0.3) is 11.3 Å². The molecule has 1 aromatic heterocycles. The molecule has 3 rings (SSSR count). The van der Waals surface area contributed by atoms with E-state index in [9.17, 15) is 19.2 Å². The van der Waals surface area contributed by atoms with Gasteiger partial charge in [0.2, 0.25) is 0 Å². The van der Waals surface area contributed by atoms with Crippen molar-refractivity contribution in [2.24, 2.45) is 5.10 Å². The van der Waals surface area contributed by atoms with Crippen molar-refractivity contribution in [2.75, 3.05) is 32.4 Å². The van der Waals surface area contributed by atoms with Gasteiger partial charge in [0.05, 0.1) is 19.0 Å². The monoisotopic (exact) mass is 501 g/mol. The number of hydrogen-bond donors (Lipinski definition) is 2. The van der Waals surface area contributed by atoms with E-state index >= 15 is 0 Å². The summed E-state index contributed by atoms with van der Waals surface area (Å²) in [5.41, 5.74) is 3.59. The van der Waals surface area contributed by atoms with Crippen molar-refractivity contribution < 1.29 is 37.9 Å². The molecule has 0 atom stereocenters. The minimum absolute atomic E-state index is 0.329. The average molecular weight is 501 g/mol. The average Bonchev–Trinajstić information content (AvgIpc) is 3.39. The molecule has 0 bridgehead atoms. The molecule has 192 valence electrons. The minimum atomic E-state index is -0.849. The van der Waals surface area contributed by atoms with E-state index in [0.29, 0.717) is 11.5 Å². The lowest BCUT2D eigenvalue weighted by atomic mass is 10.1. The van der Waals surface area contributed by atoms with Gasteiger partial charge in [-0.3, -0.25) is 19.9 Å². The standard InChI is InChI=1S/C23H27N5O8/c1-23(2,3)36-21(31)24-12-20(30)34-14-27-19(29)13-28(22(27)32)25-11-17-9-10-18(35-17)15-5-7-16(8-6-15)26-33-4/h5-11,26H,12-14H2,1-4H3,(H,24,31)/b25-11+. The number of esters is 1. The molecular formula is C23H27N5O8. The van der Waals surface area contributed by atoms with E-state index in [1.165, 1.54) is 13.3 Å². The van der Waals surface area contributed by atoms with Gasteiger partial charge in [0.25, 0.3) is 5.91 Å². The van der Waals surface area contributed by atoms with Crippen molar-refractivity contribution in [3.63, 3.8) is 0 Å². The van der Waals surface area contributed by atoms with Crippen LogP contribution >= 0.6 is 0 Å². The lowest BCUT2D eigenvalue weighted by molar-refractivity contribution is -0.148. The SMILES string of the molecule is CONc1ccc(-c2ccc(/C=N/N3CC(=O)N(COC(=O)CNC(=O)OC(C)(C)C)C3=O)o2)cc1. The second-order valence-corrected chi connectivity index (χ2v) is 8.49. The van der Waals surface area contributed by atoms with Gasteiger partial charge in [0.15, 0.2) is 6.73 Å². The number of furan rings is 1. The number of rotatable bonds is 9. The van der Waals surface area contributed by atoms with Crippen molar-refractivity contribution in [2.45, 2.75) is 26.4 Å². The Kier molecular flexibility index (Phi) is 8.27. The summed E-state index contributed by atoms with van der Waals surface area (Å²) >= 11 is 0. The largest absolute Gasteiger partial charge is 0.455 e. The number of nitrogens with one attached hydrogen (secondary N) is 2. The molecule has 1 aromatic carbocycles. The van der Waals surface area contributed by atoms with Crippen molar-refractivity contribution in [3.8, 4) is 11.3 Å². The van der Waals surface area contributed by atoms with Crippen LogP contribution in [0.5, 0.6) is 0 Å². The highest BCUT2D eigenvalue weighted by atomic mass is 16.6. The molecule has 2 heterocycles. The van der Waals surface area contributed by atoms with Gasteiger partial charge in [0, 0.05) is 5.56 Å². The van der Waals surface area contributed by atoms with Gasteiger partial charge in [-0.05, 0) is 57.2 Å². The van der Waals surface area contributed by atoms with Crippen molar-refractivity contribution in [3.05, 3.63) is 42.2 Å². The van der Waals surface area contributed by atoms with Gasteiger partial charge in [-0.25, -0.2) is 19.5 Å². The summed E-state index contributed by atoms with van der Waals surface area (Å²) in [5.74, 6) is -0.507. The van der Waals surface area contributed by atoms with Gasteiger partial charge in [0.1, 0.15) is 30.2 Å². The van der Waals surface area contributed by atoms with Gasteiger partial charge in [-0.1, -0.05) is 0 Å². The molecule has 2 aromatic rings. The Morgan fingerprint density at radius 3 is 2.53 bits per heavy atom. The van der Waals surface area contributed by atoms with E-state index in [1.54, 1.807) is 32.9 Å². The number of amides is 4. The molecular weight excluding hydrogens is 474 g/mol. The predicted octanol–water partition coefficient (Wildman–Crippen LogP) is 2.54. The number of benzene rings is 1. The van der Waals surface area contributed by atoms with E-state index < -0.39 is 42.9 Å². The van der Waals surface area contributed by atoms with Crippen LogP contribution < -0.4 is 10.8 Å². The van der Waals surface area contributed by atoms with Gasteiger partial charge < -0.3 is 19.2 Å². The maximum Gasteiger partial charge on any atom is 0.408 e. The number of imide groups is 1. The van der Waals surface area contributed by atoms with Crippen LogP contribution in [0.3, 0.4) is 0 Å². The number of ether oxygens (including phenoxy) is 2. The number of anilines is 1. The first kappa shape index (κ1) is 26.2. The smallest absolute Gasteiger partial charge is 0.408 e. The van der Waals surface area contributed by atoms with Gasteiger partial charge in [-0.15, -0.1) is 0 Å². The summed E-state index contributed by atoms with van der Waals surface area (Å²) in [4.78, 5) is 53.6. The Labute approximate surface area is 206 Å². The second kappa shape index (κ2) is 11.4. The summed E-state index contributed by atoms with van der Waals surface area (Å²) in [7, 11) is 1.52. The lowest BCUT2D eigenvalue weighted by Gasteiger charge is -2.19. The summed E-state index contributed by atoms with van der Waals surface area (Å²) < 4.78 is 15.6. The lowest BCUT2D eigenvalue weighted by Crippen LogP contribution is -2.38. The zero-order chi connectivity index (χ0) is 26.3. The summed E-state index contributed by atoms with van der Waals surface area (Å²) in [6.45, 7) is 3.60. The maximum atomic E-state index is 12.5. The fourth-order valence-corrected chi connectivity index (χ4v) is 2.91. The van der Waals surface area contributed by atoms with Crippen LogP contribution in [0.1, 0.15) is 26.5 Å². The van der Waals surface area contributed by atoms with Crippen molar-refractivity contribution in [1.29, 1.82) is 0 Å². The molecule has 1 aliphatic rings. The molecule has 13 heteroatoms. The third kappa shape index (κ3) is 7.30. The number of hydrogen-bond acceptors (Lipinski definition) is 10. The Bertz CT molecular complexity index is 1140. The first-order valence-electron chi connectivity index (χ1n) is 10.8. The zero-order valence-electron chi connectivity index (χ0n) is 20.3. The molecule has 1 aliphatic heterocycles. The maximum absolute atomic E-state index is 12.5.